The maximum Gasteiger partial charge on any atom is 0.234 e. The minimum Gasteiger partial charge on any atom is -0.409 e. The number of hydrogen-bond acceptors (Lipinski definition) is 4. The van der Waals surface area contributed by atoms with E-state index in [0.29, 0.717) is 6.54 Å². The van der Waals surface area contributed by atoms with Gasteiger partial charge in [0.05, 0.1) is 6.54 Å². The van der Waals surface area contributed by atoms with E-state index in [9.17, 15) is 4.79 Å². The lowest BCUT2D eigenvalue weighted by atomic mass is 9.86. The van der Waals surface area contributed by atoms with Gasteiger partial charge in [-0.15, -0.1) is 0 Å². The monoisotopic (exact) mass is 286 g/mol. The minimum atomic E-state index is -0.293. The second-order valence-electron chi connectivity index (χ2n) is 6.80. The molecule has 0 atom stereocenters. The quantitative estimate of drug-likeness (QED) is 0.178. The lowest BCUT2D eigenvalue weighted by molar-refractivity contribution is -0.121. The molecule has 0 aliphatic heterocycles. The number of unbranched alkanes of at least 4 members (excludes halogenated alkanes) is 1. The lowest BCUT2D eigenvalue weighted by Crippen LogP contribution is -2.45. The summed E-state index contributed by atoms with van der Waals surface area (Å²) in [5.74, 6) is 0.268. The van der Waals surface area contributed by atoms with Gasteiger partial charge in [0.1, 0.15) is 5.84 Å². The minimum absolute atomic E-state index is 0.00879. The van der Waals surface area contributed by atoms with Crippen molar-refractivity contribution in [2.75, 3.05) is 13.1 Å². The smallest absolute Gasteiger partial charge is 0.234 e. The molecule has 0 bridgehead atoms. The van der Waals surface area contributed by atoms with Gasteiger partial charge >= 0.3 is 0 Å². The molecule has 0 unspecified atom stereocenters. The van der Waals surface area contributed by atoms with E-state index in [1.165, 1.54) is 0 Å². The van der Waals surface area contributed by atoms with Crippen molar-refractivity contribution < 1.29 is 10.0 Å². The number of rotatable bonds is 8. The van der Waals surface area contributed by atoms with Crippen molar-refractivity contribution in [3.63, 3.8) is 0 Å². The number of carbonyl (C=O) groups excluding carboxylic acids is 1. The molecule has 118 valence electrons. The van der Waals surface area contributed by atoms with Crippen molar-refractivity contribution in [1.82, 2.24) is 10.6 Å². The van der Waals surface area contributed by atoms with Crippen LogP contribution in [-0.2, 0) is 4.79 Å². The highest BCUT2D eigenvalue weighted by atomic mass is 16.4. The SMILES string of the molecule is CC(C)(C)NC(=O)CNCCCCC(C)(C)C(N)=NO. The van der Waals surface area contributed by atoms with Crippen LogP contribution in [0.1, 0.15) is 53.9 Å². The van der Waals surface area contributed by atoms with Crippen LogP contribution in [0.3, 0.4) is 0 Å². The molecular weight excluding hydrogens is 256 g/mol. The Balaban J connectivity index is 3.71. The van der Waals surface area contributed by atoms with Gasteiger partial charge < -0.3 is 21.6 Å². The summed E-state index contributed by atoms with van der Waals surface area (Å²) in [4.78, 5) is 11.5. The third-order valence-corrected chi connectivity index (χ3v) is 3.01. The van der Waals surface area contributed by atoms with Gasteiger partial charge in [-0.25, -0.2) is 0 Å². The Morgan fingerprint density at radius 3 is 2.30 bits per heavy atom. The Morgan fingerprint density at radius 2 is 1.80 bits per heavy atom. The summed E-state index contributed by atoms with van der Waals surface area (Å²) in [6, 6.07) is 0. The van der Waals surface area contributed by atoms with Gasteiger partial charge in [0, 0.05) is 11.0 Å². The van der Waals surface area contributed by atoms with E-state index in [0.717, 1.165) is 25.8 Å². The molecule has 0 spiro atoms. The molecule has 0 radical (unpaired) electrons. The van der Waals surface area contributed by atoms with Gasteiger partial charge in [0.2, 0.25) is 5.91 Å². The molecule has 0 heterocycles. The van der Waals surface area contributed by atoms with Crippen molar-refractivity contribution in [2.24, 2.45) is 16.3 Å². The number of carbonyl (C=O) groups is 1. The van der Waals surface area contributed by atoms with E-state index in [1.807, 2.05) is 34.6 Å². The Hall–Kier alpha value is -1.30. The van der Waals surface area contributed by atoms with Gasteiger partial charge in [-0.1, -0.05) is 25.4 Å². The van der Waals surface area contributed by atoms with Crippen molar-refractivity contribution >= 4 is 11.7 Å². The van der Waals surface area contributed by atoms with E-state index in [4.69, 9.17) is 10.9 Å². The fourth-order valence-corrected chi connectivity index (χ4v) is 1.74. The topological polar surface area (TPSA) is 99.7 Å². The van der Waals surface area contributed by atoms with E-state index in [1.54, 1.807) is 0 Å². The van der Waals surface area contributed by atoms with Gasteiger partial charge in [-0.05, 0) is 40.2 Å². The molecule has 6 heteroatoms. The first-order valence-electron chi connectivity index (χ1n) is 7.08. The number of hydrogen-bond donors (Lipinski definition) is 4. The molecule has 0 fully saturated rings. The fourth-order valence-electron chi connectivity index (χ4n) is 1.74. The molecule has 1 amide bonds. The highest BCUT2D eigenvalue weighted by Gasteiger charge is 2.22. The zero-order chi connectivity index (χ0) is 15.8. The summed E-state index contributed by atoms with van der Waals surface area (Å²) in [7, 11) is 0. The first-order chi connectivity index (χ1) is 9.08. The largest absolute Gasteiger partial charge is 0.409 e. The second-order valence-corrected chi connectivity index (χ2v) is 6.80. The maximum absolute atomic E-state index is 11.5. The fraction of sp³-hybridized carbons (Fsp3) is 0.857. The van der Waals surface area contributed by atoms with Crippen LogP contribution in [0.5, 0.6) is 0 Å². The third kappa shape index (κ3) is 8.74. The number of nitrogens with one attached hydrogen (secondary N) is 2. The molecule has 20 heavy (non-hydrogen) atoms. The van der Waals surface area contributed by atoms with Gasteiger partial charge in [0.15, 0.2) is 0 Å². The molecule has 0 saturated heterocycles. The van der Waals surface area contributed by atoms with E-state index in [-0.39, 0.29) is 22.7 Å². The third-order valence-electron chi connectivity index (χ3n) is 3.01. The van der Waals surface area contributed by atoms with E-state index < -0.39 is 0 Å². The molecular formula is C14H30N4O2. The zero-order valence-corrected chi connectivity index (χ0v) is 13.4. The summed E-state index contributed by atoms with van der Waals surface area (Å²) < 4.78 is 0. The normalized spacial score (nSPS) is 13.3. The van der Waals surface area contributed by atoms with E-state index in [2.05, 4.69) is 15.8 Å². The summed E-state index contributed by atoms with van der Waals surface area (Å²) in [5, 5.41) is 17.7. The highest BCUT2D eigenvalue weighted by Crippen LogP contribution is 2.22. The van der Waals surface area contributed by atoms with Crippen molar-refractivity contribution in [3.8, 4) is 0 Å². The van der Waals surface area contributed by atoms with E-state index >= 15 is 0 Å². The number of oxime groups is 1. The number of nitrogens with zero attached hydrogens (tertiary/aromatic N) is 1. The van der Waals surface area contributed by atoms with Crippen LogP contribution in [0.2, 0.25) is 0 Å². The van der Waals surface area contributed by atoms with Crippen LogP contribution in [0.4, 0.5) is 0 Å². The molecule has 0 aromatic carbocycles. The summed E-state index contributed by atoms with van der Waals surface area (Å²) >= 11 is 0. The lowest BCUT2D eigenvalue weighted by Gasteiger charge is -2.22. The Morgan fingerprint density at radius 1 is 1.20 bits per heavy atom. The maximum atomic E-state index is 11.5. The second kappa shape index (κ2) is 8.09. The van der Waals surface area contributed by atoms with Crippen LogP contribution in [0.25, 0.3) is 0 Å². The summed E-state index contributed by atoms with van der Waals surface area (Å²) in [6.07, 6.45) is 2.75. The Labute approximate surface area is 122 Å². The molecule has 0 rings (SSSR count). The number of amidine groups is 1. The number of nitrogens with two attached hydrogens (primary N) is 1. The van der Waals surface area contributed by atoms with Crippen LogP contribution < -0.4 is 16.4 Å². The summed E-state index contributed by atoms with van der Waals surface area (Å²) in [5.41, 5.74) is 5.14. The molecule has 5 N–H and O–H groups in total. The van der Waals surface area contributed by atoms with Crippen LogP contribution >= 0.6 is 0 Å². The Kier molecular flexibility index (Phi) is 7.57. The first-order valence-corrected chi connectivity index (χ1v) is 7.08. The standard InChI is InChI=1S/C14H30N4O2/c1-13(2,3)17-11(19)10-16-9-7-6-8-14(4,5)12(15)18-20/h16,20H,6-10H2,1-5H3,(H2,15,18)(H,17,19). The van der Waals surface area contributed by atoms with Crippen LogP contribution in [-0.4, -0.2) is 35.6 Å². The average Bonchev–Trinajstić information content (AvgIpc) is 2.30. The molecule has 0 aromatic rings. The van der Waals surface area contributed by atoms with Crippen molar-refractivity contribution in [3.05, 3.63) is 0 Å². The van der Waals surface area contributed by atoms with Crippen LogP contribution in [0.15, 0.2) is 5.16 Å². The van der Waals surface area contributed by atoms with Crippen LogP contribution in [0, 0.1) is 5.41 Å². The molecule has 6 nitrogen and oxygen atoms in total. The molecule has 0 aliphatic carbocycles. The zero-order valence-electron chi connectivity index (χ0n) is 13.4. The van der Waals surface area contributed by atoms with Gasteiger partial charge in [-0.3, -0.25) is 4.79 Å². The molecule has 0 aromatic heterocycles. The van der Waals surface area contributed by atoms with Gasteiger partial charge in [-0.2, -0.15) is 0 Å². The molecule has 0 aliphatic rings. The first kappa shape index (κ1) is 18.7. The Bertz CT molecular complexity index is 333. The number of amides is 1. The molecule has 0 saturated carbocycles. The average molecular weight is 286 g/mol. The van der Waals surface area contributed by atoms with Gasteiger partial charge in [0.25, 0.3) is 0 Å². The predicted molar refractivity (Wildman–Crippen MR) is 81.8 cm³/mol. The summed E-state index contributed by atoms with van der Waals surface area (Å²) in [6.45, 7) is 10.9. The predicted octanol–water partition coefficient (Wildman–Crippen LogP) is 1.43. The van der Waals surface area contributed by atoms with Crippen molar-refractivity contribution in [1.29, 1.82) is 0 Å². The highest BCUT2D eigenvalue weighted by molar-refractivity contribution is 5.85. The van der Waals surface area contributed by atoms with Crippen molar-refractivity contribution in [2.45, 2.75) is 59.4 Å².